The summed E-state index contributed by atoms with van der Waals surface area (Å²) in [7, 11) is 1.51. The van der Waals surface area contributed by atoms with Gasteiger partial charge in [-0.05, 0) is 11.1 Å². The molecule has 4 atom stereocenters. The summed E-state index contributed by atoms with van der Waals surface area (Å²) in [5.74, 6) is 0. The molecule has 1 saturated heterocycles. The van der Waals surface area contributed by atoms with E-state index >= 15 is 0 Å². The van der Waals surface area contributed by atoms with E-state index in [4.69, 9.17) is 18.9 Å². The lowest BCUT2D eigenvalue weighted by molar-refractivity contribution is -0.156. The molecule has 3 rings (SSSR count). The molecule has 2 unspecified atom stereocenters. The van der Waals surface area contributed by atoms with Gasteiger partial charge in [0.25, 0.3) is 0 Å². The highest BCUT2D eigenvalue weighted by Gasteiger charge is 2.44. The first-order chi connectivity index (χ1) is 12.3. The van der Waals surface area contributed by atoms with Gasteiger partial charge in [0.2, 0.25) is 0 Å². The van der Waals surface area contributed by atoms with E-state index in [0.717, 1.165) is 11.1 Å². The van der Waals surface area contributed by atoms with Gasteiger partial charge < -0.3 is 24.1 Å². The van der Waals surface area contributed by atoms with Gasteiger partial charge in [-0.2, -0.15) is 0 Å². The third-order valence-electron chi connectivity index (χ3n) is 4.20. The Morgan fingerprint density at radius 2 is 1.52 bits per heavy atom. The molecule has 0 bridgehead atoms. The molecule has 1 aliphatic rings. The number of aliphatic hydroxyl groups excluding tert-OH is 1. The average molecular weight is 344 g/mol. The maximum Gasteiger partial charge on any atom is 0.186 e. The molecule has 1 aliphatic heterocycles. The fraction of sp³-hybridized carbons (Fsp3) is 0.400. The molecule has 0 aromatic heterocycles. The number of hydrogen-bond acceptors (Lipinski definition) is 5. The predicted octanol–water partition coefficient (Wildman–Crippen LogP) is 2.52. The highest BCUT2D eigenvalue weighted by Crippen LogP contribution is 2.26. The van der Waals surface area contributed by atoms with E-state index in [0.29, 0.717) is 19.8 Å². The van der Waals surface area contributed by atoms with E-state index in [1.165, 1.54) is 7.11 Å². The zero-order valence-electron chi connectivity index (χ0n) is 14.3. The number of ether oxygens (including phenoxy) is 4. The van der Waals surface area contributed by atoms with Crippen LogP contribution in [0, 0.1) is 0 Å². The summed E-state index contributed by atoms with van der Waals surface area (Å²) in [5.41, 5.74) is 2.13. The van der Waals surface area contributed by atoms with Crippen molar-refractivity contribution in [3.05, 3.63) is 71.8 Å². The molecule has 5 heteroatoms. The predicted molar refractivity (Wildman–Crippen MR) is 92.8 cm³/mol. The topological polar surface area (TPSA) is 57.2 Å². The van der Waals surface area contributed by atoms with E-state index in [9.17, 15) is 5.11 Å². The van der Waals surface area contributed by atoms with Crippen LogP contribution in [0.3, 0.4) is 0 Å². The van der Waals surface area contributed by atoms with Crippen LogP contribution in [-0.2, 0) is 32.2 Å². The van der Waals surface area contributed by atoms with Gasteiger partial charge in [-0.3, -0.25) is 0 Å². The Morgan fingerprint density at radius 1 is 0.920 bits per heavy atom. The quantitative estimate of drug-likeness (QED) is 0.797. The monoisotopic (exact) mass is 344 g/mol. The summed E-state index contributed by atoms with van der Waals surface area (Å²) in [6, 6.07) is 19.8. The average Bonchev–Trinajstić information content (AvgIpc) is 2.97. The smallest absolute Gasteiger partial charge is 0.186 e. The van der Waals surface area contributed by atoms with Gasteiger partial charge in [0.1, 0.15) is 18.3 Å². The third-order valence-corrected chi connectivity index (χ3v) is 4.20. The van der Waals surface area contributed by atoms with Gasteiger partial charge in [-0.25, -0.2) is 0 Å². The van der Waals surface area contributed by atoms with Crippen molar-refractivity contribution < 1.29 is 24.1 Å². The molecule has 2 aromatic rings. The van der Waals surface area contributed by atoms with Crippen LogP contribution in [0.1, 0.15) is 11.1 Å². The number of aliphatic hydroxyl groups is 1. The molecule has 1 N–H and O–H groups in total. The Kier molecular flexibility index (Phi) is 6.55. The van der Waals surface area contributed by atoms with Crippen molar-refractivity contribution in [1.29, 1.82) is 0 Å². The number of hydrogen-bond donors (Lipinski definition) is 1. The van der Waals surface area contributed by atoms with Gasteiger partial charge in [-0.1, -0.05) is 60.7 Å². The zero-order valence-corrected chi connectivity index (χ0v) is 14.3. The molecule has 2 aromatic carbocycles. The summed E-state index contributed by atoms with van der Waals surface area (Å²) < 4.78 is 22.6. The standard InChI is InChI=1S/C20H24O5/c1-22-20-18(21)19(24-13-16-10-6-3-7-11-16)17(25-20)14-23-12-15-8-4-2-5-9-15/h2-11,17-21H,12-14H2,1H3/t17-,18?,19+,20?/m1/s1. The Morgan fingerprint density at radius 3 is 2.12 bits per heavy atom. The van der Waals surface area contributed by atoms with Crippen LogP contribution < -0.4 is 0 Å². The van der Waals surface area contributed by atoms with E-state index in [2.05, 4.69) is 0 Å². The largest absolute Gasteiger partial charge is 0.385 e. The van der Waals surface area contributed by atoms with Crippen molar-refractivity contribution in [3.8, 4) is 0 Å². The fourth-order valence-corrected chi connectivity index (χ4v) is 2.87. The van der Waals surface area contributed by atoms with Crippen molar-refractivity contribution in [1.82, 2.24) is 0 Å². The Labute approximate surface area is 148 Å². The first-order valence-corrected chi connectivity index (χ1v) is 8.41. The van der Waals surface area contributed by atoms with Crippen molar-refractivity contribution in [3.63, 3.8) is 0 Å². The van der Waals surface area contributed by atoms with E-state index in [1.807, 2.05) is 60.7 Å². The van der Waals surface area contributed by atoms with Crippen molar-refractivity contribution in [2.24, 2.45) is 0 Å². The van der Waals surface area contributed by atoms with Crippen molar-refractivity contribution in [2.75, 3.05) is 13.7 Å². The van der Waals surface area contributed by atoms with Gasteiger partial charge in [0.15, 0.2) is 6.29 Å². The minimum Gasteiger partial charge on any atom is -0.385 e. The Hall–Kier alpha value is -1.76. The second-order valence-corrected chi connectivity index (χ2v) is 6.03. The third kappa shape index (κ3) is 4.87. The summed E-state index contributed by atoms with van der Waals surface area (Å²) >= 11 is 0. The molecule has 0 aliphatic carbocycles. The summed E-state index contributed by atoms with van der Waals surface area (Å²) in [6.07, 6.45) is -2.43. The summed E-state index contributed by atoms with van der Waals surface area (Å²) in [4.78, 5) is 0. The highest BCUT2D eigenvalue weighted by molar-refractivity contribution is 5.14. The molecule has 25 heavy (non-hydrogen) atoms. The lowest BCUT2D eigenvalue weighted by atomic mass is 10.1. The van der Waals surface area contributed by atoms with E-state index in [-0.39, 0.29) is 6.10 Å². The Balaban J connectivity index is 1.55. The van der Waals surface area contributed by atoms with Crippen LogP contribution in [0.2, 0.25) is 0 Å². The zero-order chi connectivity index (χ0) is 17.5. The van der Waals surface area contributed by atoms with Crippen LogP contribution in [-0.4, -0.2) is 43.4 Å². The van der Waals surface area contributed by atoms with Gasteiger partial charge >= 0.3 is 0 Å². The number of methoxy groups -OCH3 is 1. The molecule has 1 fully saturated rings. The molecule has 5 nitrogen and oxygen atoms in total. The maximum atomic E-state index is 10.4. The van der Waals surface area contributed by atoms with E-state index < -0.39 is 18.5 Å². The first kappa shape index (κ1) is 18.0. The normalized spacial score (nSPS) is 26.0. The van der Waals surface area contributed by atoms with Crippen LogP contribution in [0.4, 0.5) is 0 Å². The molecule has 0 amide bonds. The number of rotatable bonds is 8. The van der Waals surface area contributed by atoms with Gasteiger partial charge in [0, 0.05) is 7.11 Å². The maximum absolute atomic E-state index is 10.4. The van der Waals surface area contributed by atoms with Crippen LogP contribution in [0.5, 0.6) is 0 Å². The van der Waals surface area contributed by atoms with Gasteiger partial charge in [0.05, 0.1) is 19.8 Å². The molecular formula is C20H24O5. The number of benzene rings is 2. The SMILES string of the molecule is COC1O[C@H](COCc2ccccc2)[C@H](OCc2ccccc2)C1O. The molecule has 0 radical (unpaired) electrons. The molecular weight excluding hydrogens is 320 g/mol. The molecule has 0 saturated carbocycles. The highest BCUT2D eigenvalue weighted by atomic mass is 16.7. The van der Waals surface area contributed by atoms with E-state index in [1.54, 1.807) is 0 Å². The minimum absolute atomic E-state index is 0.325. The second kappa shape index (κ2) is 9.08. The lowest BCUT2D eigenvalue weighted by Gasteiger charge is -2.20. The Bertz CT molecular complexity index is 618. The molecule has 1 heterocycles. The van der Waals surface area contributed by atoms with Crippen LogP contribution >= 0.6 is 0 Å². The van der Waals surface area contributed by atoms with Crippen molar-refractivity contribution in [2.45, 2.75) is 37.8 Å². The van der Waals surface area contributed by atoms with Crippen molar-refractivity contribution >= 4 is 0 Å². The summed E-state index contributed by atoms with van der Waals surface area (Å²) in [6.45, 7) is 1.21. The lowest BCUT2D eigenvalue weighted by Crippen LogP contribution is -2.37. The molecule has 0 spiro atoms. The second-order valence-electron chi connectivity index (χ2n) is 6.03. The van der Waals surface area contributed by atoms with Crippen LogP contribution in [0.25, 0.3) is 0 Å². The first-order valence-electron chi connectivity index (χ1n) is 8.41. The van der Waals surface area contributed by atoms with Crippen LogP contribution in [0.15, 0.2) is 60.7 Å². The fourth-order valence-electron chi connectivity index (χ4n) is 2.87. The summed E-state index contributed by atoms with van der Waals surface area (Å²) in [5, 5.41) is 10.4. The minimum atomic E-state index is -0.848. The van der Waals surface area contributed by atoms with Gasteiger partial charge in [-0.15, -0.1) is 0 Å². The molecule has 134 valence electrons.